The van der Waals surface area contributed by atoms with Crippen LogP contribution in [-0.2, 0) is 48.7 Å². The molecule has 88 heavy (non-hydrogen) atoms. The first-order chi connectivity index (χ1) is 41.8. The zero-order valence-electron chi connectivity index (χ0n) is 48.3. The first kappa shape index (κ1) is 66.1. The Labute approximate surface area is 530 Å². The van der Waals surface area contributed by atoms with Gasteiger partial charge in [0.15, 0.2) is 0 Å². The second kappa shape index (κ2) is 27.8. The van der Waals surface area contributed by atoms with E-state index in [0.29, 0.717) is 68.0 Å². The molecule has 4 aliphatic rings. The van der Waals surface area contributed by atoms with Crippen molar-refractivity contribution in [3.05, 3.63) is 200 Å². The molecule has 2 aliphatic carbocycles. The number of rotatable bonds is 22. The molecule has 0 radical (unpaired) electrons. The van der Waals surface area contributed by atoms with Crippen LogP contribution in [-0.4, -0.2) is 108 Å². The Kier molecular flexibility index (Phi) is 20.9. The van der Waals surface area contributed by atoms with Gasteiger partial charge in [0.2, 0.25) is 20.0 Å². The van der Waals surface area contributed by atoms with Gasteiger partial charge in [-0.3, -0.25) is 27.8 Å². The fourth-order valence-corrected chi connectivity index (χ4v) is 15.8. The molecular weight excluding hydrogens is 1260 g/mol. The molecule has 6 aromatic rings. The molecule has 2 saturated heterocycles. The topological polar surface area (TPSA) is 208 Å². The highest BCUT2D eigenvalue weighted by atomic mass is 35.5. The fraction of sp³-hybridized carbons (Fsp3) is 0.375. The molecule has 2 N–H and O–H groups in total. The summed E-state index contributed by atoms with van der Waals surface area (Å²) in [6.07, 6.45) is -3.87. The molecule has 0 bridgehead atoms. The third-order valence-corrected chi connectivity index (χ3v) is 21.6. The van der Waals surface area contributed by atoms with E-state index in [1.54, 1.807) is 109 Å². The molecule has 2 heterocycles. The molecule has 0 aromatic heterocycles. The molecule has 6 aromatic carbocycles. The van der Waals surface area contributed by atoms with Crippen molar-refractivity contribution in [1.82, 2.24) is 9.80 Å². The van der Waals surface area contributed by atoms with Crippen LogP contribution in [0, 0.1) is 23.5 Å². The Morgan fingerprint density at radius 3 is 1.15 bits per heavy atom. The summed E-state index contributed by atoms with van der Waals surface area (Å²) < 4.78 is 100. The molecular formula is C64H66Cl4F2N4O12S2. The number of hydrogen-bond acceptors (Lipinski definition) is 10. The van der Waals surface area contributed by atoms with Crippen LogP contribution in [0.25, 0.3) is 0 Å². The predicted molar refractivity (Wildman–Crippen MR) is 333 cm³/mol. The summed E-state index contributed by atoms with van der Waals surface area (Å²) >= 11 is 25.2. The van der Waals surface area contributed by atoms with Crippen molar-refractivity contribution in [2.45, 2.75) is 125 Å². The Balaban J connectivity index is 0.000000209. The van der Waals surface area contributed by atoms with Crippen molar-refractivity contribution in [3.63, 3.8) is 0 Å². The smallest absolute Gasteiger partial charge is 0.306 e. The zero-order chi connectivity index (χ0) is 63.5. The van der Waals surface area contributed by atoms with E-state index in [9.17, 15) is 46.2 Å². The number of hydrogen-bond donors (Lipinski definition) is 2. The summed E-state index contributed by atoms with van der Waals surface area (Å²) in [4.78, 5) is 55.5. The van der Waals surface area contributed by atoms with Crippen LogP contribution in [0.1, 0.15) is 113 Å². The number of ether oxygens (including phenoxy) is 2. The van der Waals surface area contributed by atoms with Gasteiger partial charge in [0, 0.05) is 20.1 Å². The molecule has 24 heteroatoms. The number of anilines is 2. The highest BCUT2D eigenvalue weighted by molar-refractivity contribution is 7.94. The van der Waals surface area contributed by atoms with Gasteiger partial charge in [-0.15, -0.1) is 0 Å². The van der Waals surface area contributed by atoms with E-state index in [1.807, 2.05) is 27.7 Å². The van der Waals surface area contributed by atoms with Gasteiger partial charge in [-0.25, -0.2) is 25.6 Å². The zero-order valence-corrected chi connectivity index (χ0v) is 52.9. The maximum atomic E-state index is 15.2. The van der Waals surface area contributed by atoms with Crippen LogP contribution in [0.4, 0.5) is 20.2 Å². The first-order valence-corrected chi connectivity index (χ1v) is 33.2. The van der Waals surface area contributed by atoms with Gasteiger partial charge in [0.05, 0.1) is 72.0 Å². The number of para-hydroxylation sites is 2. The van der Waals surface area contributed by atoms with Gasteiger partial charge >= 0.3 is 11.9 Å². The highest BCUT2D eigenvalue weighted by Gasteiger charge is 2.52. The lowest BCUT2D eigenvalue weighted by Crippen LogP contribution is -2.59. The van der Waals surface area contributed by atoms with Crippen LogP contribution in [0.3, 0.4) is 0 Å². The molecule has 2 unspecified atom stereocenters. The van der Waals surface area contributed by atoms with E-state index in [2.05, 4.69) is 0 Å². The van der Waals surface area contributed by atoms with Gasteiger partial charge < -0.3 is 29.5 Å². The molecule has 2 saturated carbocycles. The minimum atomic E-state index is -3.98. The molecule has 16 nitrogen and oxygen atoms in total. The molecule has 4 fully saturated rings. The van der Waals surface area contributed by atoms with Crippen molar-refractivity contribution in [3.8, 4) is 0 Å². The Hall–Kier alpha value is -6.36. The van der Waals surface area contributed by atoms with E-state index >= 15 is 8.78 Å². The number of sulfonamides is 2. The minimum Gasteiger partial charge on any atom is -0.481 e. The summed E-state index contributed by atoms with van der Waals surface area (Å²) in [6.45, 7) is 6.86. The summed E-state index contributed by atoms with van der Waals surface area (Å²) in [5, 5.41) is 19.9. The second-order valence-electron chi connectivity index (χ2n) is 23.0. The lowest BCUT2D eigenvalue weighted by molar-refractivity contribution is -0.184. The summed E-state index contributed by atoms with van der Waals surface area (Å²) in [6, 6.07) is 35.5. The van der Waals surface area contributed by atoms with E-state index < -0.39 is 127 Å². The maximum Gasteiger partial charge on any atom is 0.306 e. The second-order valence-corrected chi connectivity index (χ2v) is 29.0. The average Bonchev–Trinajstić information content (AvgIpc) is 2.31. The summed E-state index contributed by atoms with van der Waals surface area (Å²) in [5.41, 5.74) is 2.25. The third kappa shape index (κ3) is 14.9. The average molecular weight is 1330 g/mol. The number of carbonyl (C=O) groups excluding carboxylic acids is 2. The van der Waals surface area contributed by atoms with Gasteiger partial charge in [0.1, 0.15) is 36.1 Å². The van der Waals surface area contributed by atoms with Gasteiger partial charge in [-0.1, -0.05) is 147 Å². The van der Waals surface area contributed by atoms with Crippen molar-refractivity contribution >= 4 is 102 Å². The van der Waals surface area contributed by atoms with Crippen molar-refractivity contribution in [2.75, 3.05) is 21.7 Å². The van der Waals surface area contributed by atoms with Crippen LogP contribution in [0.5, 0.6) is 0 Å². The lowest BCUT2D eigenvalue weighted by Gasteiger charge is -2.50. The summed E-state index contributed by atoms with van der Waals surface area (Å²) in [5.74, 6) is -5.79. The number of carboxylic acid groups (broad SMARTS) is 2. The van der Waals surface area contributed by atoms with Gasteiger partial charge in [-0.2, -0.15) is 0 Å². The quantitative estimate of drug-likeness (QED) is 0.0651. The number of amides is 2. The van der Waals surface area contributed by atoms with Crippen molar-refractivity contribution < 1.29 is 64.5 Å². The number of halogens is 6. The van der Waals surface area contributed by atoms with E-state index in [4.69, 9.17) is 55.9 Å². The molecule has 10 rings (SSSR count). The highest BCUT2D eigenvalue weighted by Crippen LogP contribution is 2.49. The first-order valence-electron chi connectivity index (χ1n) is 28.7. The largest absolute Gasteiger partial charge is 0.481 e. The Bertz CT molecular complexity index is 3510. The van der Waals surface area contributed by atoms with E-state index in [1.165, 1.54) is 46.2 Å². The predicted octanol–water partition coefficient (Wildman–Crippen LogP) is 13.3. The molecule has 2 amide bonds. The Morgan fingerprint density at radius 1 is 0.511 bits per heavy atom. The van der Waals surface area contributed by atoms with E-state index in [-0.39, 0.29) is 36.3 Å². The normalized spacial score (nSPS) is 21.4. The number of aliphatic carboxylic acids is 2. The Morgan fingerprint density at radius 2 is 0.852 bits per heavy atom. The molecule has 2 aliphatic heterocycles. The number of benzene rings is 6. The molecule has 468 valence electrons. The number of nitrogens with zero attached hydrogens (tertiary/aromatic N) is 4. The van der Waals surface area contributed by atoms with Crippen molar-refractivity contribution in [1.29, 1.82) is 0 Å². The minimum absolute atomic E-state index is 0.109. The molecule has 0 spiro atoms. The van der Waals surface area contributed by atoms with Crippen LogP contribution in [0.15, 0.2) is 146 Å². The fourth-order valence-electron chi connectivity index (χ4n) is 11.4. The molecule has 8 atom stereocenters. The standard InChI is InChI=1S/2C32H33Cl2FN2O6S/c2*1-19(2)27(18-36(44(41,42)24-14-15-24)26-9-4-3-8-25(26)35)37-30(20-10-12-22(33)13-11-20)31(21-6-5-7-23(34)16-21)43-28(32(37)40)17-29(38)39/h2*3-13,16,19,24,27-28,30-31H,14-15,17-18H2,1-2H3,(H,38,39)/t27-,28+,30?,31-;27-,28-,30?,31-/m11/s1. The van der Waals surface area contributed by atoms with Crippen LogP contribution >= 0.6 is 46.4 Å². The van der Waals surface area contributed by atoms with Gasteiger partial charge in [0.25, 0.3) is 11.8 Å². The number of carboxylic acids is 2. The third-order valence-electron chi connectivity index (χ3n) is 16.1. The lowest BCUT2D eigenvalue weighted by atomic mass is 9.88. The maximum absolute atomic E-state index is 15.2. The summed E-state index contributed by atoms with van der Waals surface area (Å²) in [7, 11) is -7.97. The van der Waals surface area contributed by atoms with Crippen LogP contribution < -0.4 is 8.61 Å². The SMILES string of the molecule is CC(C)[C@@H](CN(c1ccccc1F)S(=O)(=O)C1CC1)N1C(=O)[C@@H](CC(=O)O)O[C@H](c2cccc(Cl)c2)C1c1ccc(Cl)cc1.CC(C)[C@@H](CN(c1ccccc1F)S(=O)(=O)C1CC1)N1C(=O)[C@H](CC(=O)O)O[C@H](c2cccc(Cl)c2)C1c1ccc(Cl)cc1. The monoisotopic (exact) mass is 1320 g/mol. The van der Waals surface area contributed by atoms with Gasteiger partial charge in [-0.05, 0) is 133 Å². The number of morpholine rings is 2. The van der Waals surface area contributed by atoms with Crippen molar-refractivity contribution in [2.24, 2.45) is 11.8 Å². The number of carbonyl (C=O) groups is 4. The van der Waals surface area contributed by atoms with E-state index in [0.717, 1.165) is 8.61 Å². The van der Waals surface area contributed by atoms with Crippen LogP contribution in [0.2, 0.25) is 20.1 Å².